The summed E-state index contributed by atoms with van der Waals surface area (Å²) < 4.78 is 2.34. The molecule has 0 saturated carbocycles. The second kappa shape index (κ2) is 5.74. The lowest BCUT2D eigenvalue weighted by Gasteiger charge is -2.08. The van der Waals surface area contributed by atoms with E-state index in [0.29, 0.717) is 12.1 Å². The van der Waals surface area contributed by atoms with E-state index < -0.39 is 17.2 Å². The second-order valence-corrected chi connectivity index (χ2v) is 4.72. The van der Waals surface area contributed by atoms with Crippen molar-refractivity contribution in [2.75, 3.05) is 0 Å². The van der Waals surface area contributed by atoms with Gasteiger partial charge in [-0.15, -0.1) is 0 Å². The van der Waals surface area contributed by atoms with Gasteiger partial charge in [-0.25, -0.2) is 14.3 Å². The van der Waals surface area contributed by atoms with Gasteiger partial charge in [0.05, 0.1) is 0 Å². The van der Waals surface area contributed by atoms with Crippen molar-refractivity contribution in [3.05, 3.63) is 56.5 Å². The van der Waals surface area contributed by atoms with Gasteiger partial charge in [-0.05, 0) is 25.0 Å². The van der Waals surface area contributed by atoms with Crippen LogP contribution in [0, 0.1) is 6.92 Å². The van der Waals surface area contributed by atoms with E-state index in [1.807, 2.05) is 0 Å². The standard InChI is InChI=1S/C14H15N3O4/c1-9-7-12(18)17(14(21)16(9)2)11-5-3-10(8-15-11)4-6-13(19)20/h3,5,7-8H,4,6H2,1-2H3,(H,19,20). The number of pyridine rings is 1. The summed E-state index contributed by atoms with van der Waals surface area (Å²) in [6, 6.07) is 4.56. The van der Waals surface area contributed by atoms with Crippen LogP contribution in [0.5, 0.6) is 0 Å². The van der Waals surface area contributed by atoms with Crippen LogP contribution in [-0.2, 0) is 18.3 Å². The van der Waals surface area contributed by atoms with Gasteiger partial charge < -0.3 is 9.67 Å². The van der Waals surface area contributed by atoms with Crippen molar-refractivity contribution in [2.45, 2.75) is 19.8 Å². The summed E-state index contributed by atoms with van der Waals surface area (Å²) in [7, 11) is 1.58. The van der Waals surface area contributed by atoms with E-state index in [4.69, 9.17) is 5.11 Å². The molecule has 0 saturated heterocycles. The fourth-order valence-electron chi connectivity index (χ4n) is 1.89. The molecule has 0 aromatic carbocycles. The van der Waals surface area contributed by atoms with Crippen LogP contribution in [0.15, 0.2) is 34.0 Å². The van der Waals surface area contributed by atoms with Gasteiger partial charge in [0, 0.05) is 31.4 Å². The Morgan fingerprint density at radius 3 is 2.62 bits per heavy atom. The van der Waals surface area contributed by atoms with Crippen LogP contribution in [0.3, 0.4) is 0 Å². The Labute approximate surface area is 120 Å². The van der Waals surface area contributed by atoms with Gasteiger partial charge in [0.1, 0.15) is 5.82 Å². The number of carbonyl (C=O) groups is 1. The molecule has 110 valence electrons. The normalized spacial score (nSPS) is 10.6. The Balaban J connectivity index is 2.40. The first-order valence-electron chi connectivity index (χ1n) is 6.37. The van der Waals surface area contributed by atoms with Crippen molar-refractivity contribution < 1.29 is 9.90 Å². The van der Waals surface area contributed by atoms with Crippen LogP contribution >= 0.6 is 0 Å². The number of rotatable bonds is 4. The van der Waals surface area contributed by atoms with Crippen LogP contribution in [0.2, 0.25) is 0 Å². The third-order valence-electron chi connectivity index (χ3n) is 3.23. The molecule has 0 radical (unpaired) electrons. The molecule has 2 aromatic heterocycles. The maximum atomic E-state index is 12.1. The smallest absolute Gasteiger partial charge is 0.336 e. The Bertz CT molecular complexity index is 787. The number of hydrogen-bond acceptors (Lipinski definition) is 4. The van der Waals surface area contributed by atoms with Gasteiger partial charge in [0.2, 0.25) is 0 Å². The van der Waals surface area contributed by atoms with Crippen LogP contribution in [0.4, 0.5) is 0 Å². The first kappa shape index (κ1) is 14.7. The number of carboxylic acids is 1. The van der Waals surface area contributed by atoms with E-state index in [2.05, 4.69) is 4.98 Å². The minimum atomic E-state index is -0.886. The van der Waals surface area contributed by atoms with Crippen LogP contribution in [0.25, 0.3) is 5.82 Å². The zero-order valence-electron chi connectivity index (χ0n) is 11.7. The topological polar surface area (TPSA) is 94.2 Å². The molecule has 0 bridgehead atoms. The van der Waals surface area contributed by atoms with Crippen molar-refractivity contribution in [3.8, 4) is 5.82 Å². The monoisotopic (exact) mass is 289 g/mol. The predicted octanol–water partition coefficient (Wildman–Crippen LogP) is 0.257. The molecule has 0 aliphatic carbocycles. The molecule has 0 aliphatic heterocycles. The summed E-state index contributed by atoms with van der Waals surface area (Å²) in [5.74, 6) is -0.664. The molecule has 7 heteroatoms. The summed E-state index contributed by atoms with van der Waals surface area (Å²) in [6.07, 6.45) is 1.83. The fourth-order valence-corrected chi connectivity index (χ4v) is 1.89. The van der Waals surface area contributed by atoms with Crippen LogP contribution in [0.1, 0.15) is 17.7 Å². The summed E-state index contributed by atoms with van der Waals surface area (Å²) in [5, 5.41) is 8.63. The summed E-state index contributed by atoms with van der Waals surface area (Å²) in [4.78, 5) is 38.7. The van der Waals surface area contributed by atoms with E-state index in [0.717, 1.165) is 10.1 Å². The number of nitrogens with zero attached hydrogens (tertiary/aromatic N) is 3. The number of aryl methyl sites for hydroxylation is 2. The Hall–Kier alpha value is -2.70. The highest BCUT2D eigenvalue weighted by Crippen LogP contribution is 2.05. The summed E-state index contributed by atoms with van der Waals surface area (Å²) >= 11 is 0. The predicted molar refractivity (Wildman–Crippen MR) is 75.8 cm³/mol. The van der Waals surface area contributed by atoms with Crippen molar-refractivity contribution >= 4 is 5.97 Å². The van der Waals surface area contributed by atoms with Gasteiger partial charge in [-0.2, -0.15) is 0 Å². The molecule has 0 amide bonds. The quantitative estimate of drug-likeness (QED) is 0.871. The second-order valence-electron chi connectivity index (χ2n) is 4.72. The van der Waals surface area contributed by atoms with Gasteiger partial charge in [0.15, 0.2) is 0 Å². The van der Waals surface area contributed by atoms with E-state index >= 15 is 0 Å². The van der Waals surface area contributed by atoms with Gasteiger partial charge in [0.25, 0.3) is 5.56 Å². The average molecular weight is 289 g/mol. The minimum absolute atomic E-state index is 0.00721. The Kier molecular flexibility index (Phi) is 4.02. The van der Waals surface area contributed by atoms with E-state index in [1.54, 1.807) is 20.0 Å². The third-order valence-corrected chi connectivity index (χ3v) is 3.23. The van der Waals surface area contributed by atoms with Gasteiger partial charge in [-0.1, -0.05) is 6.07 Å². The Morgan fingerprint density at radius 1 is 1.33 bits per heavy atom. The van der Waals surface area contributed by atoms with Crippen LogP contribution < -0.4 is 11.2 Å². The van der Waals surface area contributed by atoms with E-state index in [1.165, 1.54) is 22.9 Å². The average Bonchev–Trinajstić information content (AvgIpc) is 2.44. The lowest BCUT2D eigenvalue weighted by atomic mass is 10.1. The maximum absolute atomic E-state index is 12.1. The zero-order chi connectivity index (χ0) is 15.6. The number of carboxylic acid groups (broad SMARTS) is 1. The molecule has 0 aliphatic rings. The largest absolute Gasteiger partial charge is 0.481 e. The molecule has 2 aromatic rings. The molecule has 1 N–H and O–H groups in total. The highest BCUT2D eigenvalue weighted by atomic mass is 16.4. The third kappa shape index (κ3) is 3.07. The number of aliphatic carboxylic acids is 1. The lowest BCUT2D eigenvalue weighted by molar-refractivity contribution is -0.136. The molecule has 0 atom stereocenters. The molecule has 21 heavy (non-hydrogen) atoms. The van der Waals surface area contributed by atoms with Crippen molar-refractivity contribution in [1.82, 2.24) is 14.1 Å². The molecule has 2 rings (SSSR count). The highest BCUT2D eigenvalue weighted by molar-refractivity contribution is 5.67. The maximum Gasteiger partial charge on any atom is 0.336 e. The van der Waals surface area contributed by atoms with Crippen LogP contribution in [-0.4, -0.2) is 25.2 Å². The molecular weight excluding hydrogens is 274 g/mol. The Morgan fingerprint density at radius 2 is 2.05 bits per heavy atom. The van der Waals surface area contributed by atoms with Crippen molar-refractivity contribution in [2.24, 2.45) is 7.05 Å². The van der Waals surface area contributed by atoms with Gasteiger partial charge in [-0.3, -0.25) is 9.59 Å². The lowest BCUT2D eigenvalue weighted by Crippen LogP contribution is -2.38. The highest BCUT2D eigenvalue weighted by Gasteiger charge is 2.09. The van der Waals surface area contributed by atoms with E-state index in [9.17, 15) is 14.4 Å². The van der Waals surface area contributed by atoms with Gasteiger partial charge >= 0.3 is 11.7 Å². The first-order valence-corrected chi connectivity index (χ1v) is 6.37. The zero-order valence-corrected chi connectivity index (χ0v) is 11.7. The fraction of sp³-hybridized carbons (Fsp3) is 0.286. The molecule has 0 spiro atoms. The SMILES string of the molecule is Cc1cc(=O)n(-c2ccc(CCC(=O)O)cn2)c(=O)n1C. The molecule has 0 unspecified atom stereocenters. The molecule has 7 nitrogen and oxygen atoms in total. The summed E-state index contributed by atoms with van der Waals surface area (Å²) in [6.45, 7) is 1.68. The number of hydrogen-bond donors (Lipinski definition) is 1. The summed E-state index contributed by atoms with van der Waals surface area (Å²) in [5.41, 5.74) is 0.393. The molecule has 2 heterocycles. The van der Waals surface area contributed by atoms with E-state index in [-0.39, 0.29) is 12.2 Å². The molecular formula is C14H15N3O4. The minimum Gasteiger partial charge on any atom is -0.481 e. The molecule has 0 fully saturated rings. The van der Waals surface area contributed by atoms with Crippen molar-refractivity contribution in [1.29, 1.82) is 0 Å². The first-order chi connectivity index (χ1) is 9.90. The van der Waals surface area contributed by atoms with Crippen molar-refractivity contribution in [3.63, 3.8) is 0 Å². The number of aromatic nitrogens is 3.